The van der Waals surface area contributed by atoms with Crippen molar-refractivity contribution in [2.45, 2.75) is 37.8 Å². The first kappa shape index (κ1) is 22.8. The minimum Gasteiger partial charge on any atom is -0.409 e. The van der Waals surface area contributed by atoms with Crippen molar-refractivity contribution in [3.63, 3.8) is 0 Å². The molecule has 0 saturated carbocycles. The first-order chi connectivity index (χ1) is 15.1. The molecule has 0 aliphatic carbocycles. The number of sulfonamides is 1. The van der Waals surface area contributed by atoms with Gasteiger partial charge in [0.05, 0.1) is 11.6 Å². The molecule has 0 radical (unpaired) electrons. The zero-order valence-corrected chi connectivity index (χ0v) is 20.2. The minimum atomic E-state index is -3.52. The second kappa shape index (κ2) is 8.90. The molecule has 3 aromatic rings. The smallest absolute Gasteiger partial charge is 0.288 e. The SMILES string of the molecule is CC(C)(C)c1ccc(S(=O)(=O)N2CCN(Cn3nc(-c4ccccc4)oc3=S)CC2)cc1. The molecule has 170 valence electrons. The largest absolute Gasteiger partial charge is 0.409 e. The third-order valence-electron chi connectivity index (χ3n) is 5.65. The number of aromatic nitrogens is 2. The van der Waals surface area contributed by atoms with Crippen LogP contribution in [0.4, 0.5) is 0 Å². The number of rotatable bonds is 5. The molecule has 1 aliphatic rings. The Morgan fingerprint density at radius 2 is 1.59 bits per heavy atom. The van der Waals surface area contributed by atoms with Crippen molar-refractivity contribution in [2.75, 3.05) is 26.2 Å². The maximum absolute atomic E-state index is 13.1. The average molecular weight is 473 g/mol. The maximum Gasteiger partial charge on any atom is 0.288 e. The monoisotopic (exact) mass is 472 g/mol. The van der Waals surface area contributed by atoms with Crippen LogP contribution >= 0.6 is 12.2 Å². The third-order valence-corrected chi connectivity index (χ3v) is 7.86. The number of hydrogen-bond acceptors (Lipinski definition) is 6. The molecule has 1 saturated heterocycles. The molecular weight excluding hydrogens is 444 g/mol. The van der Waals surface area contributed by atoms with E-state index in [9.17, 15) is 8.42 Å². The highest BCUT2D eigenvalue weighted by Crippen LogP contribution is 2.25. The predicted molar refractivity (Wildman–Crippen MR) is 126 cm³/mol. The Morgan fingerprint density at radius 1 is 0.969 bits per heavy atom. The maximum atomic E-state index is 13.1. The molecule has 4 rings (SSSR count). The Bertz CT molecular complexity index is 1220. The van der Waals surface area contributed by atoms with Gasteiger partial charge in [-0.05, 0) is 47.5 Å². The number of hydrogen-bond donors (Lipinski definition) is 0. The Labute approximate surface area is 194 Å². The molecule has 0 bridgehead atoms. The Kier molecular flexibility index (Phi) is 6.35. The highest BCUT2D eigenvalue weighted by atomic mass is 32.2. The summed E-state index contributed by atoms with van der Waals surface area (Å²) in [5, 5.41) is 4.49. The molecule has 0 atom stereocenters. The van der Waals surface area contributed by atoms with E-state index in [2.05, 4.69) is 30.8 Å². The van der Waals surface area contributed by atoms with Crippen molar-refractivity contribution in [1.82, 2.24) is 19.0 Å². The lowest BCUT2D eigenvalue weighted by Crippen LogP contribution is -2.48. The predicted octanol–water partition coefficient (Wildman–Crippen LogP) is 4.13. The van der Waals surface area contributed by atoms with Gasteiger partial charge in [0.25, 0.3) is 4.84 Å². The molecule has 2 aromatic carbocycles. The number of benzene rings is 2. The Balaban J connectivity index is 1.40. The van der Waals surface area contributed by atoms with E-state index in [4.69, 9.17) is 16.6 Å². The highest BCUT2D eigenvalue weighted by molar-refractivity contribution is 7.89. The van der Waals surface area contributed by atoms with Crippen LogP contribution in [0.3, 0.4) is 0 Å². The van der Waals surface area contributed by atoms with Crippen LogP contribution in [0.25, 0.3) is 11.5 Å². The molecule has 1 aromatic heterocycles. The molecular formula is C23H28N4O3S2. The van der Waals surface area contributed by atoms with E-state index < -0.39 is 10.0 Å². The second-order valence-electron chi connectivity index (χ2n) is 8.98. The molecule has 32 heavy (non-hydrogen) atoms. The van der Waals surface area contributed by atoms with Gasteiger partial charge in [-0.25, -0.2) is 13.1 Å². The van der Waals surface area contributed by atoms with E-state index in [-0.39, 0.29) is 5.41 Å². The quantitative estimate of drug-likeness (QED) is 0.520. The minimum absolute atomic E-state index is 0.0172. The zero-order valence-electron chi connectivity index (χ0n) is 18.6. The van der Waals surface area contributed by atoms with Gasteiger partial charge < -0.3 is 4.42 Å². The fraction of sp³-hybridized carbons (Fsp3) is 0.391. The van der Waals surface area contributed by atoms with Gasteiger partial charge in [0.15, 0.2) is 0 Å². The van der Waals surface area contributed by atoms with Gasteiger partial charge in [0.2, 0.25) is 15.9 Å². The van der Waals surface area contributed by atoms with Crippen molar-refractivity contribution >= 4 is 22.2 Å². The summed E-state index contributed by atoms with van der Waals surface area (Å²) in [7, 11) is -3.52. The van der Waals surface area contributed by atoms with E-state index in [0.717, 1.165) is 11.1 Å². The first-order valence-corrected chi connectivity index (χ1v) is 12.5. The summed E-state index contributed by atoms with van der Waals surface area (Å²) in [5.74, 6) is 0.482. The summed E-state index contributed by atoms with van der Waals surface area (Å²) >= 11 is 5.32. The van der Waals surface area contributed by atoms with Crippen LogP contribution in [0.5, 0.6) is 0 Å². The van der Waals surface area contributed by atoms with Crippen LogP contribution in [0.1, 0.15) is 26.3 Å². The molecule has 0 unspecified atom stereocenters. The normalized spacial score (nSPS) is 16.3. The molecule has 2 heterocycles. The van der Waals surface area contributed by atoms with E-state index in [0.29, 0.717) is 48.5 Å². The van der Waals surface area contributed by atoms with E-state index in [1.54, 1.807) is 21.1 Å². The van der Waals surface area contributed by atoms with Gasteiger partial charge >= 0.3 is 0 Å². The molecule has 9 heteroatoms. The topological polar surface area (TPSA) is 71.6 Å². The molecule has 7 nitrogen and oxygen atoms in total. The van der Waals surface area contributed by atoms with Crippen LogP contribution < -0.4 is 0 Å². The van der Waals surface area contributed by atoms with Crippen LogP contribution in [0.2, 0.25) is 0 Å². The fourth-order valence-corrected chi connectivity index (χ4v) is 5.27. The van der Waals surface area contributed by atoms with Gasteiger partial charge in [-0.3, -0.25) is 4.90 Å². The number of piperazine rings is 1. The van der Waals surface area contributed by atoms with Crippen molar-refractivity contribution in [2.24, 2.45) is 0 Å². The van der Waals surface area contributed by atoms with Gasteiger partial charge in [0.1, 0.15) is 0 Å². The molecule has 0 N–H and O–H groups in total. The molecule has 1 fully saturated rings. The summed E-state index contributed by atoms with van der Waals surface area (Å²) < 4.78 is 35.0. The van der Waals surface area contributed by atoms with Crippen LogP contribution in [0, 0.1) is 4.84 Å². The van der Waals surface area contributed by atoms with Gasteiger partial charge in [-0.1, -0.05) is 51.1 Å². The van der Waals surface area contributed by atoms with Crippen molar-refractivity contribution in [3.05, 3.63) is 65.0 Å². The first-order valence-electron chi connectivity index (χ1n) is 10.6. The molecule has 0 spiro atoms. The summed E-state index contributed by atoms with van der Waals surface area (Å²) in [4.78, 5) is 2.77. The average Bonchev–Trinajstić information content (AvgIpc) is 3.14. The lowest BCUT2D eigenvalue weighted by atomic mass is 9.87. The van der Waals surface area contributed by atoms with Crippen LogP contribution in [-0.2, 0) is 22.1 Å². The van der Waals surface area contributed by atoms with E-state index in [1.165, 1.54) is 0 Å². The van der Waals surface area contributed by atoms with Gasteiger partial charge in [-0.2, -0.15) is 4.31 Å². The lowest BCUT2D eigenvalue weighted by molar-refractivity contribution is 0.143. The summed E-state index contributed by atoms with van der Waals surface area (Å²) in [6.45, 7) is 8.81. The Hall–Kier alpha value is -2.33. The second-order valence-corrected chi connectivity index (χ2v) is 11.3. The third kappa shape index (κ3) is 4.85. The summed E-state index contributed by atoms with van der Waals surface area (Å²) in [6, 6.07) is 16.8. The highest BCUT2D eigenvalue weighted by Gasteiger charge is 2.29. The lowest BCUT2D eigenvalue weighted by Gasteiger charge is -2.33. The van der Waals surface area contributed by atoms with Crippen molar-refractivity contribution in [3.8, 4) is 11.5 Å². The van der Waals surface area contributed by atoms with Gasteiger partial charge in [-0.15, -0.1) is 5.10 Å². The zero-order chi connectivity index (χ0) is 22.9. The van der Waals surface area contributed by atoms with E-state index in [1.807, 2.05) is 42.5 Å². The van der Waals surface area contributed by atoms with E-state index >= 15 is 0 Å². The van der Waals surface area contributed by atoms with Gasteiger partial charge in [0, 0.05) is 31.7 Å². The number of nitrogens with zero attached hydrogens (tertiary/aromatic N) is 4. The standard InChI is InChI=1S/C23H28N4O3S2/c1-23(2,3)19-9-11-20(12-10-19)32(28,29)26-15-13-25(14-16-26)17-27-22(31)30-21(24-27)18-7-5-4-6-8-18/h4-12H,13-17H2,1-3H3. The molecule has 0 amide bonds. The summed E-state index contributed by atoms with van der Waals surface area (Å²) in [6.07, 6.45) is 0. The van der Waals surface area contributed by atoms with Crippen LogP contribution in [-0.4, -0.2) is 53.6 Å². The summed E-state index contributed by atoms with van der Waals surface area (Å²) in [5.41, 5.74) is 1.96. The fourth-order valence-electron chi connectivity index (χ4n) is 3.67. The van der Waals surface area contributed by atoms with Crippen molar-refractivity contribution in [1.29, 1.82) is 0 Å². The Morgan fingerprint density at radius 3 is 2.19 bits per heavy atom. The van der Waals surface area contributed by atoms with Crippen LogP contribution in [0.15, 0.2) is 63.9 Å². The molecule has 1 aliphatic heterocycles. The van der Waals surface area contributed by atoms with Crippen molar-refractivity contribution < 1.29 is 12.8 Å².